The largest absolute Gasteiger partial charge is 0.437 e. The van der Waals surface area contributed by atoms with E-state index in [0.717, 1.165) is 27.9 Å². The first-order chi connectivity index (χ1) is 14.8. The van der Waals surface area contributed by atoms with Gasteiger partial charge in [0, 0.05) is 30.5 Å². The molecule has 31 heavy (non-hydrogen) atoms. The SMILES string of the molecule is Cc1ncccc1-c1ccc2c(c1)nnn2C1CCN(C(=O)OC(C)(C)C(F)F)CC1. The van der Waals surface area contributed by atoms with Crippen molar-refractivity contribution < 1.29 is 18.3 Å². The van der Waals surface area contributed by atoms with Crippen LogP contribution >= 0.6 is 0 Å². The van der Waals surface area contributed by atoms with Crippen LogP contribution < -0.4 is 0 Å². The number of carbonyl (C=O) groups is 1. The zero-order valence-corrected chi connectivity index (χ0v) is 17.8. The van der Waals surface area contributed by atoms with E-state index in [0.29, 0.717) is 25.9 Å². The second-order valence-corrected chi connectivity index (χ2v) is 8.36. The highest BCUT2D eigenvalue weighted by Gasteiger charge is 2.36. The van der Waals surface area contributed by atoms with E-state index in [2.05, 4.69) is 15.3 Å². The van der Waals surface area contributed by atoms with Crippen LogP contribution in [-0.2, 0) is 4.74 Å². The number of amides is 1. The fraction of sp³-hybridized carbons (Fsp3) is 0.455. The van der Waals surface area contributed by atoms with Crippen molar-refractivity contribution >= 4 is 17.1 Å². The fourth-order valence-electron chi connectivity index (χ4n) is 3.80. The van der Waals surface area contributed by atoms with Crippen LogP contribution in [0.1, 0.15) is 38.4 Å². The maximum atomic E-state index is 13.0. The number of likely N-dealkylation sites (tertiary alicyclic amines) is 1. The molecule has 1 fully saturated rings. The molecule has 1 aliphatic heterocycles. The summed E-state index contributed by atoms with van der Waals surface area (Å²) in [4.78, 5) is 18.1. The number of aryl methyl sites for hydroxylation is 1. The van der Waals surface area contributed by atoms with Gasteiger partial charge in [0.15, 0.2) is 5.60 Å². The number of fused-ring (bicyclic) bond motifs is 1. The summed E-state index contributed by atoms with van der Waals surface area (Å²) in [5.74, 6) is 0. The van der Waals surface area contributed by atoms with Gasteiger partial charge in [0.25, 0.3) is 6.43 Å². The number of alkyl halides is 2. The van der Waals surface area contributed by atoms with Crippen LogP contribution in [0.2, 0.25) is 0 Å². The predicted octanol–water partition coefficient (Wildman–Crippen LogP) is 4.62. The number of benzene rings is 1. The Labute approximate surface area is 179 Å². The van der Waals surface area contributed by atoms with E-state index in [-0.39, 0.29) is 6.04 Å². The van der Waals surface area contributed by atoms with Crippen molar-refractivity contribution in [2.75, 3.05) is 13.1 Å². The Morgan fingerprint density at radius 1 is 1.23 bits per heavy atom. The molecule has 0 saturated carbocycles. The highest BCUT2D eigenvalue weighted by atomic mass is 19.3. The van der Waals surface area contributed by atoms with E-state index in [1.165, 1.54) is 18.7 Å². The summed E-state index contributed by atoms with van der Waals surface area (Å²) >= 11 is 0. The molecule has 1 aromatic carbocycles. The number of ether oxygens (including phenoxy) is 1. The van der Waals surface area contributed by atoms with Crippen LogP contribution in [-0.4, -0.2) is 56.1 Å². The first kappa shape index (κ1) is 21.1. The Balaban J connectivity index is 1.46. The van der Waals surface area contributed by atoms with Gasteiger partial charge in [-0.3, -0.25) is 4.98 Å². The summed E-state index contributed by atoms with van der Waals surface area (Å²) < 4.78 is 32.8. The van der Waals surface area contributed by atoms with Crippen LogP contribution in [0.5, 0.6) is 0 Å². The van der Waals surface area contributed by atoms with Crippen LogP contribution in [0.15, 0.2) is 36.5 Å². The third kappa shape index (κ3) is 4.22. The number of nitrogens with zero attached hydrogens (tertiary/aromatic N) is 5. The van der Waals surface area contributed by atoms with Crippen molar-refractivity contribution in [1.29, 1.82) is 0 Å². The number of piperidine rings is 1. The maximum absolute atomic E-state index is 13.0. The van der Waals surface area contributed by atoms with Gasteiger partial charge in [-0.2, -0.15) is 0 Å². The number of pyridine rings is 1. The number of aromatic nitrogens is 4. The number of rotatable bonds is 4. The second kappa shape index (κ2) is 8.20. The molecule has 1 aliphatic rings. The minimum Gasteiger partial charge on any atom is -0.437 e. The lowest BCUT2D eigenvalue weighted by Crippen LogP contribution is -2.45. The van der Waals surface area contributed by atoms with Crippen molar-refractivity contribution in [2.45, 2.75) is 51.7 Å². The molecule has 2 aromatic heterocycles. The Bertz CT molecular complexity index is 1090. The molecule has 7 nitrogen and oxygen atoms in total. The van der Waals surface area contributed by atoms with Gasteiger partial charge in [0.2, 0.25) is 0 Å². The second-order valence-electron chi connectivity index (χ2n) is 8.36. The number of hydrogen-bond donors (Lipinski definition) is 0. The Kier molecular flexibility index (Phi) is 5.60. The van der Waals surface area contributed by atoms with Gasteiger partial charge in [0.05, 0.1) is 11.6 Å². The van der Waals surface area contributed by atoms with Gasteiger partial charge >= 0.3 is 6.09 Å². The molecule has 0 spiro atoms. The van der Waals surface area contributed by atoms with Crippen molar-refractivity contribution in [3.05, 3.63) is 42.2 Å². The molecule has 164 valence electrons. The highest BCUT2D eigenvalue weighted by molar-refractivity contribution is 5.82. The van der Waals surface area contributed by atoms with E-state index >= 15 is 0 Å². The molecule has 1 amide bonds. The summed E-state index contributed by atoms with van der Waals surface area (Å²) in [6, 6.07) is 10.0. The van der Waals surface area contributed by atoms with E-state index in [1.54, 1.807) is 6.20 Å². The molecule has 1 saturated heterocycles. The average molecular weight is 429 g/mol. The molecule has 0 N–H and O–H groups in total. The Morgan fingerprint density at radius 2 is 1.97 bits per heavy atom. The lowest BCUT2D eigenvalue weighted by Gasteiger charge is -2.34. The van der Waals surface area contributed by atoms with Gasteiger partial charge in [-0.1, -0.05) is 17.3 Å². The Morgan fingerprint density at radius 3 is 2.65 bits per heavy atom. The molecule has 4 rings (SSSR count). The summed E-state index contributed by atoms with van der Waals surface area (Å²) in [6.07, 6.45) is -0.387. The van der Waals surface area contributed by atoms with E-state index in [9.17, 15) is 13.6 Å². The standard InChI is InChI=1S/C22H25F2N5O2/c1-14-17(5-4-10-25-14)15-6-7-19-18(13-15)26-27-29(19)16-8-11-28(12-9-16)21(30)31-22(2,3)20(23)24/h4-7,10,13,16,20H,8-9,11-12H2,1-3H3. The number of carbonyl (C=O) groups excluding carboxylic acids is 1. The van der Waals surface area contributed by atoms with Gasteiger partial charge in [-0.05, 0) is 57.4 Å². The molecule has 0 bridgehead atoms. The summed E-state index contributed by atoms with van der Waals surface area (Å²) in [5.41, 5.74) is 2.94. The first-order valence-corrected chi connectivity index (χ1v) is 10.3. The average Bonchev–Trinajstić information content (AvgIpc) is 3.17. The zero-order chi connectivity index (χ0) is 22.2. The van der Waals surface area contributed by atoms with Crippen LogP contribution in [0, 0.1) is 6.92 Å². The van der Waals surface area contributed by atoms with E-state index in [1.807, 2.05) is 41.9 Å². The molecule has 3 aromatic rings. The molecule has 0 atom stereocenters. The van der Waals surface area contributed by atoms with Crippen LogP contribution in [0.4, 0.5) is 13.6 Å². The fourth-order valence-corrected chi connectivity index (χ4v) is 3.80. The lowest BCUT2D eigenvalue weighted by atomic mass is 10.0. The third-order valence-corrected chi connectivity index (χ3v) is 5.73. The molecule has 9 heteroatoms. The smallest absolute Gasteiger partial charge is 0.410 e. The molecule has 3 heterocycles. The first-order valence-electron chi connectivity index (χ1n) is 10.3. The minimum atomic E-state index is -2.74. The van der Waals surface area contributed by atoms with Gasteiger partial charge in [-0.25, -0.2) is 18.3 Å². The summed E-state index contributed by atoms with van der Waals surface area (Å²) in [5, 5.41) is 8.68. The predicted molar refractivity (Wildman–Crippen MR) is 112 cm³/mol. The van der Waals surface area contributed by atoms with Gasteiger partial charge in [0.1, 0.15) is 5.52 Å². The number of hydrogen-bond acceptors (Lipinski definition) is 5. The van der Waals surface area contributed by atoms with Gasteiger partial charge in [-0.15, -0.1) is 5.10 Å². The molecule has 0 aliphatic carbocycles. The summed E-state index contributed by atoms with van der Waals surface area (Å²) in [6.45, 7) is 5.22. The zero-order valence-electron chi connectivity index (χ0n) is 17.8. The number of halogens is 2. The molecular formula is C22H25F2N5O2. The quantitative estimate of drug-likeness (QED) is 0.605. The lowest BCUT2D eigenvalue weighted by molar-refractivity contribution is -0.0877. The van der Waals surface area contributed by atoms with E-state index < -0.39 is 18.1 Å². The van der Waals surface area contributed by atoms with Crippen LogP contribution in [0.3, 0.4) is 0 Å². The van der Waals surface area contributed by atoms with Crippen LogP contribution in [0.25, 0.3) is 22.2 Å². The maximum Gasteiger partial charge on any atom is 0.410 e. The normalized spacial score (nSPS) is 15.6. The Hall–Kier alpha value is -3.10. The van der Waals surface area contributed by atoms with Crippen molar-refractivity contribution in [1.82, 2.24) is 24.9 Å². The molecule has 0 radical (unpaired) electrons. The van der Waals surface area contributed by atoms with Crippen molar-refractivity contribution in [3.63, 3.8) is 0 Å². The van der Waals surface area contributed by atoms with Crippen molar-refractivity contribution in [3.8, 4) is 11.1 Å². The monoisotopic (exact) mass is 429 g/mol. The van der Waals surface area contributed by atoms with Crippen molar-refractivity contribution in [2.24, 2.45) is 0 Å². The highest BCUT2D eigenvalue weighted by Crippen LogP contribution is 2.30. The molecular weight excluding hydrogens is 404 g/mol. The third-order valence-electron chi connectivity index (χ3n) is 5.73. The topological polar surface area (TPSA) is 73.1 Å². The van der Waals surface area contributed by atoms with Gasteiger partial charge < -0.3 is 9.64 Å². The summed E-state index contributed by atoms with van der Waals surface area (Å²) in [7, 11) is 0. The van der Waals surface area contributed by atoms with E-state index in [4.69, 9.17) is 4.74 Å². The molecule has 0 unspecified atom stereocenters. The minimum absolute atomic E-state index is 0.0723.